The minimum Gasteiger partial charge on any atom is -0.494 e. The molecule has 2 amide bonds. The van der Waals surface area contributed by atoms with Crippen molar-refractivity contribution in [3.05, 3.63) is 54.1 Å². The number of carboxylic acids is 1. The third-order valence-corrected chi connectivity index (χ3v) is 4.71. The van der Waals surface area contributed by atoms with E-state index in [0.29, 0.717) is 31.1 Å². The zero-order valence-corrected chi connectivity index (χ0v) is 16.7. The number of benzene rings is 2. The molecule has 1 saturated heterocycles. The molecule has 1 atom stereocenters. The van der Waals surface area contributed by atoms with Crippen molar-refractivity contribution in [3.63, 3.8) is 0 Å². The van der Waals surface area contributed by atoms with E-state index in [1.165, 1.54) is 0 Å². The van der Waals surface area contributed by atoms with Crippen LogP contribution in [0.3, 0.4) is 0 Å². The number of carboxylic acid groups (broad SMARTS) is 1. The van der Waals surface area contributed by atoms with Crippen molar-refractivity contribution in [3.8, 4) is 11.5 Å². The van der Waals surface area contributed by atoms with Crippen molar-refractivity contribution in [2.45, 2.75) is 19.9 Å². The normalized spacial score (nSPS) is 15.7. The molecular weight excluding hydrogens is 388 g/mol. The predicted octanol–water partition coefficient (Wildman–Crippen LogP) is 2.22. The standard InChI is InChI=1S/C22H24N2O6/c1-2-29-18-7-3-15(4-8-18)12-23-22(28)16-11-20(25)24(13-16)17-5-9-19(10-6-17)30-14-21(26)27/h3-10,16H,2,11-14H2,1H3,(H,23,28)(H,26,27)/t16-/m1/s1. The fourth-order valence-corrected chi connectivity index (χ4v) is 3.20. The van der Waals surface area contributed by atoms with Crippen LogP contribution in [0, 0.1) is 5.92 Å². The third-order valence-electron chi connectivity index (χ3n) is 4.71. The van der Waals surface area contributed by atoms with Gasteiger partial charge in [-0.2, -0.15) is 0 Å². The van der Waals surface area contributed by atoms with Gasteiger partial charge in [0.05, 0.1) is 12.5 Å². The van der Waals surface area contributed by atoms with Crippen molar-refractivity contribution in [1.29, 1.82) is 0 Å². The molecule has 2 aromatic rings. The highest BCUT2D eigenvalue weighted by Crippen LogP contribution is 2.27. The number of nitrogens with one attached hydrogen (secondary N) is 1. The molecule has 0 radical (unpaired) electrons. The predicted molar refractivity (Wildman–Crippen MR) is 109 cm³/mol. The van der Waals surface area contributed by atoms with Crippen LogP contribution in [0.2, 0.25) is 0 Å². The van der Waals surface area contributed by atoms with E-state index in [2.05, 4.69) is 5.32 Å². The van der Waals surface area contributed by atoms with Crippen LogP contribution in [-0.2, 0) is 20.9 Å². The van der Waals surface area contributed by atoms with Crippen molar-refractivity contribution < 1.29 is 29.0 Å². The summed E-state index contributed by atoms with van der Waals surface area (Å²) in [7, 11) is 0. The van der Waals surface area contributed by atoms with Gasteiger partial charge in [0, 0.05) is 25.2 Å². The lowest BCUT2D eigenvalue weighted by molar-refractivity contribution is -0.139. The molecule has 2 aromatic carbocycles. The minimum atomic E-state index is -1.06. The summed E-state index contributed by atoms with van der Waals surface area (Å²) < 4.78 is 10.5. The Balaban J connectivity index is 1.53. The molecule has 2 N–H and O–H groups in total. The van der Waals surface area contributed by atoms with E-state index in [-0.39, 0.29) is 18.2 Å². The van der Waals surface area contributed by atoms with Gasteiger partial charge in [0.2, 0.25) is 11.8 Å². The summed E-state index contributed by atoms with van der Waals surface area (Å²) in [6, 6.07) is 14.1. The number of hydrogen-bond donors (Lipinski definition) is 2. The fourth-order valence-electron chi connectivity index (χ4n) is 3.20. The molecule has 158 valence electrons. The van der Waals surface area contributed by atoms with E-state index < -0.39 is 18.5 Å². The molecule has 1 fully saturated rings. The molecular formula is C22H24N2O6. The Labute approximate surface area is 174 Å². The maximum Gasteiger partial charge on any atom is 0.341 e. The Bertz CT molecular complexity index is 895. The number of anilines is 1. The van der Waals surface area contributed by atoms with E-state index in [9.17, 15) is 14.4 Å². The lowest BCUT2D eigenvalue weighted by Gasteiger charge is -2.17. The smallest absolute Gasteiger partial charge is 0.341 e. The van der Waals surface area contributed by atoms with E-state index in [4.69, 9.17) is 14.6 Å². The number of rotatable bonds is 9. The quantitative estimate of drug-likeness (QED) is 0.654. The monoisotopic (exact) mass is 412 g/mol. The molecule has 1 heterocycles. The van der Waals surface area contributed by atoms with E-state index >= 15 is 0 Å². The number of nitrogens with zero attached hydrogens (tertiary/aromatic N) is 1. The highest BCUT2D eigenvalue weighted by Gasteiger charge is 2.35. The lowest BCUT2D eigenvalue weighted by Crippen LogP contribution is -2.32. The van der Waals surface area contributed by atoms with Gasteiger partial charge < -0.3 is 24.8 Å². The summed E-state index contributed by atoms with van der Waals surface area (Å²) in [6.45, 7) is 2.76. The van der Waals surface area contributed by atoms with Gasteiger partial charge in [0.25, 0.3) is 0 Å². The average Bonchev–Trinajstić information content (AvgIpc) is 3.14. The van der Waals surface area contributed by atoms with Crippen molar-refractivity contribution in [2.75, 3.05) is 24.7 Å². The van der Waals surface area contributed by atoms with Crippen LogP contribution in [0.15, 0.2) is 48.5 Å². The summed E-state index contributed by atoms with van der Waals surface area (Å²) >= 11 is 0. The second-order valence-corrected chi connectivity index (χ2v) is 6.88. The Kier molecular flexibility index (Phi) is 6.90. The van der Waals surface area contributed by atoms with Gasteiger partial charge in [0.1, 0.15) is 11.5 Å². The number of aliphatic carboxylic acids is 1. The molecule has 0 spiro atoms. The lowest BCUT2D eigenvalue weighted by atomic mass is 10.1. The molecule has 0 aliphatic carbocycles. The van der Waals surface area contributed by atoms with Crippen LogP contribution in [0.5, 0.6) is 11.5 Å². The highest BCUT2D eigenvalue weighted by molar-refractivity contribution is 6.00. The minimum absolute atomic E-state index is 0.129. The molecule has 1 aliphatic heterocycles. The number of carbonyl (C=O) groups excluding carboxylic acids is 2. The van der Waals surface area contributed by atoms with Gasteiger partial charge in [-0.05, 0) is 48.9 Å². The van der Waals surface area contributed by atoms with Crippen molar-refractivity contribution >= 4 is 23.5 Å². The average molecular weight is 412 g/mol. The molecule has 0 bridgehead atoms. The van der Waals surface area contributed by atoms with Crippen molar-refractivity contribution in [1.82, 2.24) is 5.32 Å². The SMILES string of the molecule is CCOc1ccc(CNC(=O)[C@@H]2CC(=O)N(c3ccc(OCC(=O)O)cc3)C2)cc1. The Morgan fingerprint density at radius 3 is 2.33 bits per heavy atom. The molecule has 1 aliphatic rings. The van der Waals surface area contributed by atoms with Gasteiger partial charge in [0.15, 0.2) is 6.61 Å². The first-order valence-corrected chi connectivity index (χ1v) is 9.70. The maximum absolute atomic E-state index is 12.5. The van der Waals surface area contributed by atoms with Crippen molar-refractivity contribution in [2.24, 2.45) is 5.92 Å². The molecule has 0 aromatic heterocycles. The summed E-state index contributed by atoms with van der Waals surface area (Å²) in [5, 5.41) is 11.5. The fraction of sp³-hybridized carbons (Fsp3) is 0.318. The second kappa shape index (κ2) is 9.78. The Morgan fingerprint density at radius 1 is 1.07 bits per heavy atom. The summed E-state index contributed by atoms with van der Waals surface area (Å²) in [5.74, 6) is -0.603. The largest absolute Gasteiger partial charge is 0.494 e. The summed E-state index contributed by atoms with van der Waals surface area (Å²) in [5.41, 5.74) is 1.59. The van der Waals surface area contributed by atoms with Gasteiger partial charge in [-0.25, -0.2) is 4.79 Å². The van der Waals surface area contributed by atoms with Crippen LogP contribution >= 0.6 is 0 Å². The van der Waals surface area contributed by atoms with Crippen LogP contribution in [0.25, 0.3) is 0 Å². The molecule has 8 heteroatoms. The van der Waals surface area contributed by atoms with Crippen LogP contribution in [0.1, 0.15) is 18.9 Å². The first-order chi connectivity index (χ1) is 14.5. The molecule has 0 unspecified atom stereocenters. The number of carbonyl (C=O) groups is 3. The first-order valence-electron chi connectivity index (χ1n) is 9.70. The maximum atomic E-state index is 12.5. The van der Waals surface area contributed by atoms with Crippen LogP contribution in [-0.4, -0.2) is 42.6 Å². The van der Waals surface area contributed by atoms with Crippen LogP contribution < -0.4 is 19.7 Å². The van der Waals surface area contributed by atoms with E-state index in [1.807, 2.05) is 31.2 Å². The highest BCUT2D eigenvalue weighted by atomic mass is 16.5. The Morgan fingerprint density at radius 2 is 1.70 bits per heavy atom. The summed E-state index contributed by atoms with van der Waals surface area (Å²) in [4.78, 5) is 37.0. The Hall–Kier alpha value is -3.55. The van der Waals surface area contributed by atoms with E-state index in [1.54, 1.807) is 29.2 Å². The van der Waals surface area contributed by atoms with Crippen LogP contribution in [0.4, 0.5) is 5.69 Å². The van der Waals surface area contributed by atoms with E-state index in [0.717, 1.165) is 11.3 Å². The number of amides is 2. The topological polar surface area (TPSA) is 105 Å². The first kappa shape index (κ1) is 21.2. The van der Waals surface area contributed by atoms with Gasteiger partial charge in [-0.3, -0.25) is 9.59 Å². The zero-order valence-electron chi connectivity index (χ0n) is 16.7. The van der Waals surface area contributed by atoms with Gasteiger partial charge in [-0.15, -0.1) is 0 Å². The number of ether oxygens (including phenoxy) is 2. The second-order valence-electron chi connectivity index (χ2n) is 6.88. The zero-order chi connectivity index (χ0) is 21.5. The molecule has 3 rings (SSSR count). The molecule has 0 saturated carbocycles. The van der Waals surface area contributed by atoms with Gasteiger partial charge in [-0.1, -0.05) is 12.1 Å². The summed E-state index contributed by atoms with van der Waals surface area (Å²) in [6.07, 6.45) is 0.145. The number of hydrogen-bond acceptors (Lipinski definition) is 5. The third kappa shape index (κ3) is 5.50. The molecule has 30 heavy (non-hydrogen) atoms. The molecule has 8 nitrogen and oxygen atoms in total. The van der Waals surface area contributed by atoms with Gasteiger partial charge >= 0.3 is 5.97 Å².